The topological polar surface area (TPSA) is 50.5 Å². The van der Waals surface area contributed by atoms with Crippen LogP contribution in [0.2, 0.25) is 0 Å². The van der Waals surface area contributed by atoms with Crippen molar-refractivity contribution in [2.45, 2.75) is 25.9 Å². The standard InChI is InChI=1S/C19H16F3NO3S/c1-2-3-9-23-17(24)16(27-18(23)25)11-14-7-8-15(26-14)12-5-4-6-13(10-12)19(20,21)22/h4-8,10-11H,2-3,9H2,1H3/b16-11-. The third-order valence-electron chi connectivity index (χ3n) is 3.98. The van der Waals surface area contributed by atoms with E-state index < -0.39 is 11.7 Å². The molecule has 1 saturated heterocycles. The van der Waals surface area contributed by atoms with Gasteiger partial charge in [-0.3, -0.25) is 14.5 Å². The summed E-state index contributed by atoms with van der Waals surface area (Å²) in [6.07, 6.45) is -1.42. The highest BCUT2D eigenvalue weighted by Gasteiger charge is 2.34. The Kier molecular flexibility index (Phi) is 5.46. The predicted octanol–water partition coefficient (Wildman–Crippen LogP) is 5.80. The average molecular weight is 395 g/mol. The number of amides is 2. The Morgan fingerprint density at radius 2 is 1.96 bits per heavy atom. The number of hydrogen-bond acceptors (Lipinski definition) is 4. The fourth-order valence-corrected chi connectivity index (χ4v) is 3.42. The summed E-state index contributed by atoms with van der Waals surface area (Å²) in [6, 6.07) is 7.88. The van der Waals surface area contributed by atoms with E-state index in [-0.39, 0.29) is 27.4 Å². The first kappa shape index (κ1) is 19.3. The molecule has 1 aliphatic heterocycles. The van der Waals surface area contributed by atoms with Gasteiger partial charge in [-0.15, -0.1) is 0 Å². The molecule has 2 aromatic rings. The van der Waals surface area contributed by atoms with Gasteiger partial charge in [-0.2, -0.15) is 13.2 Å². The van der Waals surface area contributed by atoms with Crippen molar-refractivity contribution in [3.05, 3.63) is 52.6 Å². The van der Waals surface area contributed by atoms with Crippen LogP contribution in [0.3, 0.4) is 0 Å². The Bertz CT molecular complexity index is 902. The molecule has 0 N–H and O–H groups in total. The molecule has 1 aliphatic rings. The summed E-state index contributed by atoms with van der Waals surface area (Å²) in [6.45, 7) is 2.33. The first-order valence-corrected chi connectivity index (χ1v) is 9.14. The van der Waals surface area contributed by atoms with Gasteiger partial charge in [0.15, 0.2) is 0 Å². The maximum absolute atomic E-state index is 12.8. The SMILES string of the molecule is CCCCN1C(=O)S/C(=C\c2ccc(-c3cccc(C(F)(F)F)c3)o2)C1=O. The van der Waals surface area contributed by atoms with Crippen molar-refractivity contribution in [3.8, 4) is 11.3 Å². The van der Waals surface area contributed by atoms with Gasteiger partial charge in [0.05, 0.1) is 10.5 Å². The summed E-state index contributed by atoms with van der Waals surface area (Å²) in [5.74, 6) is 0.163. The van der Waals surface area contributed by atoms with Crippen LogP contribution < -0.4 is 0 Å². The fraction of sp³-hybridized carbons (Fsp3) is 0.263. The second-order valence-electron chi connectivity index (χ2n) is 5.97. The van der Waals surface area contributed by atoms with E-state index >= 15 is 0 Å². The van der Waals surface area contributed by atoms with Gasteiger partial charge < -0.3 is 4.42 Å². The molecule has 1 fully saturated rings. The lowest BCUT2D eigenvalue weighted by Gasteiger charge is -2.10. The number of rotatable bonds is 5. The molecular formula is C19H16F3NO3S. The monoisotopic (exact) mass is 395 g/mol. The Labute approximate surface area is 158 Å². The van der Waals surface area contributed by atoms with Crippen LogP contribution in [0.15, 0.2) is 45.7 Å². The third-order valence-corrected chi connectivity index (χ3v) is 4.89. The molecule has 0 unspecified atom stereocenters. The van der Waals surface area contributed by atoms with Crippen molar-refractivity contribution >= 4 is 29.0 Å². The molecule has 2 heterocycles. The van der Waals surface area contributed by atoms with Crippen molar-refractivity contribution in [2.24, 2.45) is 0 Å². The summed E-state index contributed by atoms with van der Waals surface area (Å²) in [4.78, 5) is 25.7. The van der Waals surface area contributed by atoms with Crippen LogP contribution in [0.1, 0.15) is 31.1 Å². The number of halogens is 3. The number of benzene rings is 1. The molecule has 0 spiro atoms. The van der Waals surface area contributed by atoms with Gasteiger partial charge in [0.2, 0.25) is 0 Å². The molecular weight excluding hydrogens is 379 g/mol. The zero-order valence-electron chi connectivity index (χ0n) is 14.4. The molecule has 0 bridgehead atoms. The van der Waals surface area contributed by atoms with Crippen molar-refractivity contribution in [1.29, 1.82) is 0 Å². The van der Waals surface area contributed by atoms with Crippen LogP contribution in [0.25, 0.3) is 17.4 Å². The van der Waals surface area contributed by atoms with E-state index in [1.165, 1.54) is 29.2 Å². The number of alkyl halides is 3. The van der Waals surface area contributed by atoms with Gasteiger partial charge in [-0.05, 0) is 42.4 Å². The predicted molar refractivity (Wildman–Crippen MR) is 96.7 cm³/mol. The van der Waals surface area contributed by atoms with Gasteiger partial charge >= 0.3 is 6.18 Å². The summed E-state index contributed by atoms with van der Waals surface area (Å²) in [7, 11) is 0. The smallest absolute Gasteiger partial charge is 0.416 e. The van der Waals surface area contributed by atoms with E-state index in [9.17, 15) is 22.8 Å². The van der Waals surface area contributed by atoms with Gasteiger partial charge in [-0.1, -0.05) is 25.5 Å². The second-order valence-corrected chi connectivity index (χ2v) is 6.96. The molecule has 3 rings (SSSR count). The fourth-order valence-electron chi connectivity index (χ4n) is 2.57. The maximum Gasteiger partial charge on any atom is 0.416 e. The minimum absolute atomic E-state index is 0.237. The minimum atomic E-state index is -4.44. The van der Waals surface area contributed by atoms with Crippen molar-refractivity contribution in [2.75, 3.05) is 6.54 Å². The molecule has 8 heteroatoms. The van der Waals surface area contributed by atoms with Gasteiger partial charge in [0, 0.05) is 18.2 Å². The lowest BCUT2D eigenvalue weighted by Crippen LogP contribution is -2.29. The molecule has 0 radical (unpaired) electrons. The highest BCUT2D eigenvalue weighted by atomic mass is 32.2. The van der Waals surface area contributed by atoms with Crippen LogP contribution >= 0.6 is 11.8 Å². The molecule has 2 amide bonds. The van der Waals surface area contributed by atoms with Gasteiger partial charge in [-0.25, -0.2) is 0 Å². The van der Waals surface area contributed by atoms with Gasteiger partial charge in [0.25, 0.3) is 11.1 Å². The summed E-state index contributed by atoms with van der Waals surface area (Å²) in [5.41, 5.74) is -0.490. The third kappa shape index (κ3) is 4.27. The van der Waals surface area contributed by atoms with Crippen LogP contribution in [-0.2, 0) is 11.0 Å². The van der Waals surface area contributed by atoms with E-state index in [4.69, 9.17) is 4.42 Å². The summed E-state index contributed by atoms with van der Waals surface area (Å²) < 4.78 is 44.1. The Morgan fingerprint density at radius 1 is 1.19 bits per heavy atom. The first-order chi connectivity index (χ1) is 12.8. The number of imide groups is 1. The maximum atomic E-state index is 12.8. The van der Waals surface area contributed by atoms with Crippen molar-refractivity contribution in [3.63, 3.8) is 0 Å². The zero-order chi connectivity index (χ0) is 19.6. The van der Waals surface area contributed by atoms with Gasteiger partial charge in [0.1, 0.15) is 11.5 Å². The van der Waals surface area contributed by atoms with Crippen LogP contribution in [0, 0.1) is 0 Å². The summed E-state index contributed by atoms with van der Waals surface area (Å²) >= 11 is 0.828. The Balaban J connectivity index is 1.82. The largest absolute Gasteiger partial charge is 0.457 e. The normalized spacial score (nSPS) is 16.6. The molecule has 4 nitrogen and oxygen atoms in total. The van der Waals surface area contributed by atoms with Crippen molar-refractivity contribution in [1.82, 2.24) is 4.90 Å². The number of unbranched alkanes of at least 4 members (excludes halogenated alkanes) is 1. The quantitative estimate of drug-likeness (QED) is 0.600. The van der Waals surface area contributed by atoms with E-state index in [2.05, 4.69) is 0 Å². The molecule has 27 heavy (non-hydrogen) atoms. The number of nitrogens with zero attached hydrogens (tertiary/aromatic N) is 1. The average Bonchev–Trinajstić information content (AvgIpc) is 3.18. The van der Waals surface area contributed by atoms with E-state index in [1.54, 1.807) is 6.07 Å². The number of hydrogen-bond donors (Lipinski definition) is 0. The van der Waals surface area contributed by atoms with E-state index in [0.29, 0.717) is 12.3 Å². The molecule has 1 aromatic carbocycles. The van der Waals surface area contributed by atoms with Crippen LogP contribution in [0.4, 0.5) is 18.0 Å². The van der Waals surface area contributed by atoms with Crippen LogP contribution in [0.5, 0.6) is 0 Å². The number of thioether (sulfide) groups is 1. The number of carbonyl (C=O) groups excluding carboxylic acids is 2. The molecule has 0 atom stereocenters. The molecule has 0 saturated carbocycles. The van der Waals surface area contributed by atoms with Crippen LogP contribution in [-0.4, -0.2) is 22.6 Å². The van der Waals surface area contributed by atoms with E-state index in [1.807, 2.05) is 6.92 Å². The highest BCUT2D eigenvalue weighted by Crippen LogP contribution is 2.35. The Morgan fingerprint density at radius 3 is 2.67 bits per heavy atom. The van der Waals surface area contributed by atoms with Crippen molar-refractivity contribution < 1.29 is 27.2 Å². The number of furan rings is 1. The lowest BCUT2D eigenvalue weighted by molar-refractivity contribution is -0.137. The Hall–Kier alpha value is -2.48. The number of carbonyl (C=O) groups is 2. The zero-order valence-corrected chi connectivity index (χ0v) is 15.2. The molecule has 1 aromatic heterocycles. The minimum Gasteiger partial charge on any atom is -0.457 e. The first-order valence-electron chi connectivity index (χ1n) is 8.32. The van der Waals surface area contributed by atoms with E-state index in [0.717, 1.165) is 36.7 Å². The molecule has 142 valence electrons. The molecule has 0 aliphatic carbocycles. The summed E-state index contributed by atoms with van der Waals surface area (Å²) in [5, 5.41) is -0.329. The second kappa shape index (κ2) is 7.64. The lowest BCUT2D eigenvalue weighted by atomic mass is 10.1. The highest BCUT2D eigenvalue weighted by molar-refractivity contribution is 8.18.